The van der Waals surface area contributed by atoms with Gasteiger partial charge in [0.15, 0.2) is 0 Å². The summed E-state index contributed by atoms with van der Waals surface area (Å²) in [4.78, 5) is 14.0. The van der Waals surface area contributed by atoms with Gasteiger partial charge in [-0.25, -0.2) is 4.79 Å². The van der Waals surface area contributed by atoms with Gasteiger partial charge in [-0.05, 0) is 20.8 Å². The van der Waals surface area contributed by atoms with Crippen LogP contribution in [0.15, 0.2) is 0 Å². The highest BCUT2D eigenvalue weighted by atomic mass is 32.2. The SMILES string of the molecule is CC(C)(C)OC(=O)NC[C@H]1CN2CCSC2CN1. The van der Waals surface area contributed by atoms with Crippen molar-refractivity contribution in [1.82, 2.24) is 15.5 Å². The Bertz CT molecular complexity index is 306. The van der Waals surface area contributed by atoms with Crippen molar-refractivity contribution in [3.8, 4) is 0 Å². The van der Waals surface area contributed by atoms with Gasteiger partial charge in [0.05, 0.1) is 5.37 Å². The first-order valence-corrected chi connectivity index (χ1v) is 7.55. The van der Waals surface area contributed by atoms with E-state index in [9.17, 15) is 4.79 Å². The second kappa shape index (κ2) is 5.67. The topological polar surface area (TPSA) is 53.6 Å². The third-order valence-corrected chi connectivity index (χ3v) is 4.29. The Morgan fingerprint density at radius 2 is 2.33 bits per heavy atom. The van der Waals surface area contributed by atoms with E-state index in [0.717, 1.165) is 13.1 Å². The molecule has 104 valence electrons. The molecule has 0 aromatic carbocycles. The summed E-state index contributed by atoms with van der Waals surface area (Å²) in [5.74, 6) is 1.22. The zero-order valence-corrected chi connectivity index (χ0v) is 12.2. The molecule has 1 amide bonds. The van der Waals surface area contributed by atoms with Crippen molar-refractivity contribution in [2.45, 2.75) is 37.8 Å². The van der Waals surface area contributed by atoms with E-state index in [1.165, 1.54) is 12.3 Å². The highest BCUT2D eigenvalue weighted by molar-refractivity contribution is 8.00. The molecule has 0 aromatic heterocycles. The van der Waals surface area contributed by atoms with E-state index in [1.54, 1.807) is 0 Å². The summed E-state index contributed by atoms with van der Waals surface area (Å²) in [6, 6.07) is 0.326. The van der Waals surface area contributed by atoms with Gasteiger partial charge in [0.25, 0.3) is 0 Å². The Morgan fingerprint density at radius 3 is 3.06 bits per heavy atom. The van der Waals surface area contributed by atoms with Gasteiger partial charge in [-0.15, -0.1) is 11.8 Å². The average molecular weight is 273 g/mol. The molecule has 2 atom stereocenters. The number of alkyl carbamates (subject to hydrolysis) is 1. The first-order chi connectivity index (χ1) is 8.44. The van der Waals surface area contributed by atoms with Gasteiger partial charge in [-0.2, -0.15) is 0 Å². The van der Waals surface area contributed by atoms with Crippen LogP contribution in [0, 0.1) is 0 Å². The Hall–Kier alpha value is -0.460. The van der Waals surface area contributed by atoms with Gasteiger partial charge in [0, 0.05) is 38.0 Å². The summed E-state index contributed by atoms with van der Waals surface area (Å²) in [5.41, 5.74) is -0.430. The van der Waals surface area contributed by atoms with Crippen LogP contribution in [0.1, 0.15) is 20.8 Å². The van der Waals surface area contributed by atoms with E-state index in [0.29, 0.717) is 18.0 Å². The van der Waals surface area contributed by atoms with E-state index >= 15 is 0 Å². The van der Waals surface area contributed by atoms with Gasteiger partial charge >= 0.3 is 6.09 Å². The van der Waals surface area contributed by atoms with Crippen LogP contribution in [0.4, 0.5) is 4.79 Å². The fourth-order valence-electron chi connectivity index (χ4n) is 2.22. The Balaban J connectivity index is 1.69. The molecule has 2 heterocycles. The molecule has 0 spiro atoms. The van der Waals surface area contributed by atoms with E-state index in [4.69, 9.17) is 4.74 Å². The predicted octanol–water partition coefficient (Wildman–Crippen LogP) is 0.858. The summed E-state index contributed by atoms with van der Waals surface area (Å²) in [6.45, 7) is 9.42. The Kier molecular flexibility index (Phi) is 4.40. The Labute approximate surface area is 113 Å². The molecular formula is C12H23N3O2S. The second-order valence-corrected chi connectivity index (χ2v) is 7.09. The van der Waals surface area contributed by atoms with Crippen molar-refractivity contribution < 1.29 is 9.53 Å². The summed E-state index contributed by atoms with van der Waals surface area (Å²) in [5, 5.41) is 6.94. The quantitative estimate of drug-likeness (QED) is 0.781. The van der Waals surface area contributed by atoms with Crippen LogP contribution in [0.2, 0.25) is 0 Å². The fraction of sp³-hybridized carbons (Fsp3) is 0.917. The van der Waals surface area contributed by atoms with Gasteiger partial charge in [-0.3, -0.25) is 4.90 Å². The summed E-state index contributed by atoms with van der Waals surface area (Å²) < 4.78 is 5.22. The largest absolute Gasteiger partial charge is 0.444 e. The molecule has 1 unspecified atom stereocenters. The number of ether oxygens (including phenoxy) is 1. The van der Waals surface area contributed by atoms with E-state index in [-0.39, 0.29) is 6.09 Å². The molecule has 0 aromatic rings. The van der Waals surface area contributed by atoms with E-state index in [2.05, 4.69) is 15.5 Å². The monoisotopic (exact) mass is 273 g/mol. The molecule has 0 radical (unpaired) electrons. The number of amides is 1. The van der Waals surface area contributed by atoms with Crippen LogP contribution < -0.4 is 10.6 Å². The molecule has 6 heteroatoms. The normalized spacial score (nSPS) is 28.8. The molecule has 0 aliphatic carbocycles. The average Bonchev–Trinajstić information content (AvgIpc) is 2.71. The second-order valence-electron chi connectivity index (χ2n) is 5.81. The lowest BCUT2D eigenvalue weighted by molar-refractivity contribution is 0.0515. The van der Waals surface area contributed by atoms with E-state index < -0.39 is 5.60 Å². The molecule has 2 N–H and O–H groups in total. The molecule has 2 aliphatic heterocycles. The summed E-state index contributed by atoms with van der Waals surface area (Å²) >= 11 is 2.01. The van der Waals surface area contributed by atoms with Crippen molar-refractivity contribution in [2.24, 2.45) is 0 Å². The molecule has 2 saturated heterocycles. The molecule has 5 nitrogen and oxygen atoms in total. The maximum absolute atomic E-state index is 11.6. The van der Waals surface area contributed by atoms with Gasteiger partial charge < -0.3 is 15.4 Å². The van der Waals surface area contributed by atoms with Gasteiger partial charge in [0.2, 0.25) is 0 Å². The number of thioether (sulfide) groups is 1. The number of nitrogens with one attached hydrogen (secondary N) is 2. The van der Waals surface area contributed by atoms with Crippen molar-refractivity contribution in [2.75, 3.05) is 31.9 Å². The minimum Gasteiger partial charge on any atom is -0.444 e. The number of carbonyl (C=O) groups is 1. The van der Waals surface area contributed by atoms with Crippen LogP contribution >= 0.6 is 11.8 Å². The number of hydrogen-bond donors (Lipinski definition) is 2. The fourth-order valence-corrected chi connectivity index (χ4v) is 3.45. The van der Waals surface area contributed by atoms with Crippen LogP contribution in [-0.4, -0.2) is 59.9 Å². The number of nitrogens with zero attached hydrogens (tertiary/aromatic N) is 1. The molecule has 0 saturated carbocycles. The number of fused-ring (bicyclic) bond motifs is 1. The Morgan fingerprint density at radius 1 is 1.56 bits per heavy atom. The lowest BCUT2D eigenvalue weighted by Crippen LogP contribution is -2.57. The number of carbonyl (C=O) groups excluding carboxylic acids is 1. The van der Waals surface area contributed by atoms with Crippen LogP contribution in [-0.2, 0) is 4.74 Å². The highest BCUT2D eigenvalue weighted by Crippen LogP contribution is 2.25. The minimum absolute atomic E-state index is 0.326. The third-order valence-electron chi connectivity index (χ3n) is 3.02. The predicted molar refractivity (Wildman–Crippen MR) is 73.8 cm³/mol. The van der Waals surface area contributed by atoms with Crippen LogP contribution in [0.25, 0.3) is 0 Å². The van der Waals surface area contributed by atoms with Crippen molar-refractivity contribution in [3.63, 3.8) is 0 Å². The minimum atomic E-state index is -0.430. The maximum atomic E-state index is 11.6. The molecule has 18 heavy (non-hydrogen) atoms. The third kappa shape index (κ3) is 4.03. The maximum Gasteiger partial charge on any atom is 0.407 e. The van der Waals surface area contributed by atoms with Crippen LogP contribution in [0.3, 0.4) is 0 Å². The number of piperazine rings is 1. The summed E-state index contributed by atoms with van der Waals surface area (Å²) in [7, 11) is 0. The smallest absolute Gasteiger partial charge is 0.407 e. The van der Waals surface area contributed by atoms with Crippen molar-refractivity contribution in [3.05, 3.63) is 0 Å². The van der Waals surface area contributed by atoms with Crippen molar-refractivity contribution in [1.29, 1.82) is 0 Å². The van der Waals surface area contributed by atoms with Crippen LogP contribution in [0.5, 0.6) is 0 Å². The molecular weight excluding hydrogens is 250 g/mol. The van der Waals surface area contributed by atoms with Gasteiger partial charge in [-0.1, -0.05) is 0 Å². The zero-order valence-electron chi connectivity index (χ0n) is 11.4. The first-order valence-electron chi connectivity index (χ1n) is 6.50. The molecule has 2 fully saturated rings. The molecule has 2 aliphatic rings. The first kappa shape index (κ1) is 14.0. The number of rotatable bonds is 2. The lowest BCUT2D eigenvalue weighted by atomic mass is 10.2. The summed E-state index contributed by atoms with van der Waals surface area (Å²) in [6.07, 6.45) is -0.331. The zero-order chi connectivity index (χ0) is 13.2. The van der Waals surface area contributed by atoms with Gasteiger partial charge in [0.1, 0.15) is 5.60 Å². The van der Waals surface area contributed by atoms with E-state index in [1.807, 2.05) is 32.5 Å². The standard InChI is InChI=1S/C12H23N3O2S/c1-12(2,3)17-11(16)14-6-9-8-15-4-5-18-10(15)7-13-9/h9-10,13H,4-8H2,1-3H3,(H,14,16)/t9-,10?/m0/s1. The lowest BCUT2D eigenvalue weighted by Gasteiger charge is -2.35. The van der Waals surface area contributed by atoms with Crippen molar-refractivity contribution >= 4 is 17.9 Å². The molecule has 2 rings (SSSR count). The highest BCUT2D eigenvalue weighted by Gasteiger charge is 2.31. The molecule has 0 bridgehead atoms. The number of hydrogen-bond acceptors (Lipinski definition) is 5.